The van der Waals surface area contributed by atoms with Gasteiger partial charge in [-0.25, -0.2) is 9.07 Å². The predicted molar refractivity (Wildman–Crippen MR) is 98.9 cm³/mol. The highest BCUT2D eigenvalue weighted by Crippen LogP contribution is 2.36. The van der Waals surface area contributed by atoms with Crippen LogP contribution < -0.4 is 0 Å². The molecule has 4 nitrogen and oxygen atoms in total. The third-order valence-electron chi connectivity index (χ3n) is 5.87. The molecule has 1 aromatic carbocycles. The molecule has 26 heavy (non-hydrogen) atoms. The van der Waals surface area contributed by atoms with Gasteiger partial charge in [0.1, 0.15) is 11.5 Å². The van der Waals surface area contributed by atoms with Crippen LogP contribution in [0, 0.1) is 18.7 Å². The van der Waals surface area contributed by atoms with E-state index >= 15 is 0 Å². The van der Waals surface area contributed by atoms with Gasteiger partial charge < -0.3 is 4.90 Å². The average molecular weight is 355 g/mol. The fraction of sp³-hybridized carbons (Fsp3) is 0.524. The first kappa shape index (κ1) is 17.3. The zero-order chi connectivity index (χ0) is 18.3. The van der Waals surface area contributed by atoms with Crippen LogP contribution in [0.2, 0.25) is 0 Å². The molecule has 1 aromatic heterocycles. The first-order valence-electron chi connectivity index (χ1n) is 9.68. The number of amides is 1. The molecule has 138 valence electrons. The smallest absolute Gasteiger partial charge is 0.257 e. The molecule has 0 unspecified atom stereocenters. The molecule has 5 heteroatoms. The zero-order valence-corrected chi connectivity index (χ0v) is 15.5. The van der Waals surface area contributed by atoms with Crippen molar-refractivity contribution in [2.24, 2.45) is 5.92 Å². The van der Waals surface area contributed by atoms with E-state index in [0.717, 1.165) is 31.6 Å². The van der Waals surface area contributed by atoms with E-state index in [-0.39, 0.29) is 11.7 Å². The Bertz CT molecular complexity index is 803. The Morgan fingerprint density at radius 2 is 1.73 bits per heavy atom. The Balaban J connectivity index is 1.62. The van der Waals surface area contributed by atoms with Gasteiger partial charge >= 0.3 is 0 Å². The molecule has 0 spiro atoms. The van der Waals surface area contributed by atoms with Crippen molar-refractivity contribution in [1.29, 1.82) is 0 Å². The third-order valence-corrected chi connectivity index (χ3v) is 5.87. The van der Waals surface area contributed by atoms with Crippen molar-refractivity contribution in [3.05, 3.63) is 47.5 Å². The molecule has 1 amide bonds. The highest BCUT2D eigenvalue weighted by molar-refractivity contribution is 5.95. The molecule has 1 heterocycles. The van der Waals surface area contributed by atoms with Crippen LogP contribution in [0.3, 0.4) is 0 Å². The summed E-state index contributed by atoms with van der Waals surface area (Å²) in [5.74, 6) is 0.484. The van der Waals surface area contributed by atoms with Crippen molar-refractivity contribution in [2.75, 3.05) is 0 Å². The minimum Gasteiger partial charge on any atom is -0.333 e. The lowest BCUT2D eigenvalue weighted by atomic mass is 9.86. The van der Waals surface area contributed by atoms with E-state index in [2.05, 4.69) is 16.9 Å². The van der Waals surface area contributed by atoms with E-state index in [0.29, 0.717) is 29.0 Å². The quantitative estimate of drug-likeness (QED) is 0.810. The number of rotatable bonds is 4. The van der Waals surface area contributed by atoms with Crippen molar-refractivity contribution < 1.29 is 9.18 Å². The number of aromatic nitrogens is 2. The van der Waals surface area contributed by atoms with Gasteiger partial charge in [-0.3, -0.25) is 4.79 Å². The highest BCUT2D eigenvalue weighted by atomic mass is 19.1. The lowest BCUT2D eigenvalue weighted by Gasteiger charge is -2.36. The number of benzene rings is 1. The number of hydrogen-bond acceptors (Lipinski definition) is 2. The Morgan fingerprint density at radius 3 is 2.35 bits per heavy atom. The highest BCUT2D eigenvalue weighted by Gasteiger charge is 2.39. The molecular weight excluding hydrogens is 329 g/mol. The molecule has 0 bridgehead atoms. The van der Waals surface area contributed by atoms with Gasteiger partial charge in [-0.2, -0.15) is 5.10 Å². The second kappa shape index (κ2) is 6.86. The first-order chi connectivity index (χ1) is 12.6. The fourth-order valence-electron chi connectivity index (χ4n) is 4.13. The molecule has 0 radical (unpaired) electrons. The Kier molecular flexibility index (Phi) is 4.55. The summed E-state index contributed by atoms with van der Waals surface area (Å²) in [6, 6.07) is 7.24. The van der Waals surface area contributed by atoms with Gasteiger partial charge in [0.2, 0.25) is 0 Å². The maximum Gasteiger partial charge on any atom is 0.257 e. The van der Waals surface area contributed by atoms with E-state index < -0.39 is 0 Å². The number of carbonyl (C=O) groups is 1. The Hall–Kier alpha value is -2.17. The summed E-state index contributed by atoms with van der Waals surface area (Å²) in [5, 5.41) is 4.32. The third kappa shape index (κ3) is 3.15. The van der Waals surface area contributed by atoms with Crippen molar-refractivity contribution in [3.63, 3.8) is 0 Å². The van der Waals surface area contributed by atoms with Crippen LogP contribution >= 0.6 is 0 Å². The molecule has 0 saturated heterocycles. The molecule has 2 saturated carbocycles. The van der Waals surface area contributed by atoms with Gasteiger partial charge in [-0.05, 0) is 63.5 Å². The monoisotopic (exact) mass is 355 g/mol. The molecule has 0 atom stereocenters. The number of hydrogen-bond donors (Lipinski definition) is 0. The summed E-state index contributed by atoms with van der Waals surface area (Å²) >= 11 is 0. The molecule has 0 N–H and O–H groups in total. The van der Waals surface area contributed by atoms with Crippen LogP contribution in [-0.2, 0) is 0 Å². The topological polar surface area (TPSA) is 38.1 Å². The second-order valence-corrected chi connectivity index (χ2v) is 7.86. The first-order valence-corrected chi connectivity index (χ1v) is 9.68. The van der Waals surface area contributed by atoms with Gasteiger partial charge in [-0.15, -0.1) is 0 Å². The van der Waals surface area contributed by atoms with Crippen LogP contribution in [-0.4, -0.2) is 32.7 Å². The van der Waals surface area contributed by atoms with E-state index in [1.807, 2.05) is 6.92 Å². The molecule has 2 aromatic rings. The fourth-order valence-corrected chi connectivity index (χ4v) is 4.13. The normalized spacial score (nSPS) is 23.0. The lowest BCUT2D eigenvalue weighted by Crippen LogP contribution is -2.43. The summed E-state index contributed by atoms with van der Waals surface area (Å²) < 4.78 is 15.7. The van der Waals surface area contributed by atoms with Crippen LogP contribution in [0.15, 0.2) is 30.5 Å². The number of halogens is 1. The van der Waals surface area contributed by atoms with Crippen molar-refractivity contribution in [3.8, 4) is 5.69 Å². The molecule has 0 aliphatic heterocycles. The minimum absolute atomic E-state index is 0.0622. The van der Waals surface area contributed by atoms with Gasteiger partial charge in [0.25, 0.3) is 5.91 Å². The summed E-state index contributed by atoms with van der Waals surface area (Å²) in [4.78, 5) is 15.4. The summed E-state index contributed by atoms with van der Waals surface area (Å²) in [6.45, 7) is 4.14. The van der Waals surface area contributed by atoms with E-state index in [1.165, 1.54) is 23.6 Å². The van der Waals surface area contributed by atoms with Crippen LogP contribution in [0.4, 0.5) is 4.39 Å². The summed E-state index contributed by atoms with van der Waals surface area (Å²) in [6.07, 6.45) is 8.35. The molecule has 2 fully saturated rings. The SMILES string of the molecule is Cc1c(C(=O)N(C2CCC(C)CC2)C2CC2)cnn1-c1ccccc1F. The number of carbonyl (C=O) groups excluding carboxylic acids is 1. The largest absolute Gasteiger partial charge is 0.333 e. The van der Waals surface area contributed by atoms with E-state index in [4.69, 9.17) is 0 Å². The van der Waals surface area contributed by atoms with Gasteiger partial charge in [0.15, 0.2) is 0 Å². The Labute approximate surface area is 154 Å². The van der Waals surface area contributed by atoms with Crippen molar-refractivity contribution in [1.82, 2.24) is 14.7 Å². The van der Waals surface area contributed by atoms with Crippen molar-refractivity contribution in [2.45, 2.75) is 64.5 Å². The lowest BCUT2D eigenvalue weighted by molar-refractivity contribution is 0.0592. The molecule has 2 aliphatic carbocycles. The molecular formula is C21H26FN3O. The number of para-hydroxylation sites is 1. The van der Waals surface area contributed by atoms with Crippen LogP contribution in [0.5, 0.6) is 0 Å². The molecule has 2 aliphatic rings. The zero-order valence-electron chi connectivity index (χ0n) is 15.5. The second-order valence-electron chi connectivity index (χ2n) is 7.86. The summed E-state index contributed by atoms with van der Waals surface area (Å²) in [7, 11) is 0. The maximum atomic E-state index is 14.1. The van der Waals surface area contributed by atoms with Gasteiger partial charge in [0.05, 0.1) is 17.5 Å². The average Bonchev–Trinajstić information content (AvgIpc) is 3.39. The van der Waals surface area contributed by atoms with Crippen LogP contribution in [0.25, 0.3) is 5.69 Å². The van der Waals surface area contributed by atoms with Crippen LogP contribution in [0.1, 0.15) is 61.5 Å². The standard InChI is InChI=1S/C21H26FN3O/c1-14-7-9-16(10-8-14)24(17-11-12-17)21(26)18-13-23-25(15(18)2)20-6-4-3-5-19(20)22/h3-6,13-14,16-17H,7-12H2,1-2H3. The maximum absolute atomic E-state index is 14.1. The number of nitrogens with zero attached hydrogens (tertiary/aromatic N) is 3. The van der Waals surface area contributed by atoms with E-state index in [1.54, 1.807) is 24.4 Å². The Morgan fingerprint density at radius 1 is 1.12 bits per heavy atom. The van der Waals surface area contributed by atoms with E-state index in [9.17, 15) is 9.18 Å². The van der Waals surface area contributed by atoms with Gasteiger partial charge in [0, 0.05) is 12.1 Å². The molecule has 4 rings (SSSR count). The van der Waals surface area contributed by atoms with Gasteiger partial charge in [-0.1, -0.05) is 19.1 Å². The van der Waals surface area contributed by atoms with Crippen molar-refractivity contribution >= 4 is 5.91 Å². The minimum atomic E-state index is -0.335. The predicted octanol–water partition coefficient (Wildman–Crippen LogP) is 4.50. The summed E-state index contributed by atoms with van der Waals surface area (Å²) in [5.41, 5.74) is 1.68.